The van der Waals surface area contributed by atoms with Crippen LogP contribution in [-0.2, 0) is 0 Å². The van der Waals surface area contributed by atoms with Crippen LogP contribution >= 0.6 is 0 Å². The lowest BCUT2D eigenvalue weighted by Crippen LogP contribution is -2.00. The summed E-state index contributed by atoms with van der Waals surface area (Å²) in [6.07, 6.45) is 0. The third-order valence-corrected chi connectivity index (χ3v) is 8.66. The number of furan rings is 1. The molecular formula is C45H29N3O. The number of hydrogen-bond acceptors (Lipinski definition) is 4. The second-order valence-electron chi connectivity index (χ2n) is 11.7. The topological polar surface area (TPSA) is 51.8 Å². The van der Waals surface area contributed by atoms with E-state index in [1.807, 2.05) is 72.8 Å². The van der Waals surface area contributed by atoms with Crippen molar-refractivity contribution in [2.75, 3.05) is 0 Å². The summed E-state index contributed by atoms with van der Waals surface area (Å²) in [6, 6.07) is 46.1. The average molecular weight is 633 g/mol. The van der Waals surface area contributed by atoms with E-state index in [4.69, 9.17) is 26.2 Å². The average Bonchev–Trinajstić information content (AvgIpc) is 3.61. The first-order valence-corrected chi connectivity index (χ1v) is 15.9. The first-order chi connectivity index (χ1) is 26.3. The van der Waals surface area contributed by atoms with Gasteiger partial charge in [0.25, 0.3) is 0 Å². The fourth-order valence-corrected chi connectivity index (χ4v) is 6.21. The van der Waals surface area contributed by atoms with E-state index >= 15 is 0 Å². The van der Waals surface area contributed by atoms with Gasteiger partial charge in [0.05, 0.1) is 6.85 Å². The molecule has 4 nitrogen and oxygen atoms in total. The van der Waals surface area contributed by atoms with Crippen molar-refractivity contribution in [1.29, 1.82) is 0 Å². The van der Waals surface area contributed by atoms with Gasteiger partial charge in [-0.05, 0) is 57.6 Å². The highest BCUT2D eigenvalue weighted by molar-refractivity contribution is 6.13. The molecule has 0 atom stereocenters. The normalized spacial score (nSPS) is 12.7. The Labute approximate surface area is 291 Å². The minimum atomic E-state index is -0.424. The lowest BCUT2D eigenvalue weighted by atomic mass is 9.96. The molecular weight excluding hydrogens is 599 g/mol. The number of hydrogen-bond donors (Lipinski definition) is 0. The van der Waals surface area contributed by atoms with Gasteiger partial charge in [-0.1, -0.05) is 152 Å². The molecule has 0 saturated heterocycles. The van der Waals surface area contributed by atoms with Crippen molar-refractivity contribution in [3.63, 3.8) is 0 Å². The molecule has 0 bridgehead atoms. The molecule has 49 heavy (non-hydrogen) atoms. The number of fused-ring (bicyclic) bond motifs is 3. The Bertz CT molecular complexity index is 2830. The lowest BCUT2D eigenvalue weighted by molar-refractivity contribution is 0.669. The molecule has 0 aliphatic rings. The zero-order valence-electron chi connectivity index (χ0n) is 31.1. The van der Waals surface area contributed by atoms with E-state index in [9.17, 15) is 0 Å². The van der Waals surface area contributed by atoms with Gasteiger partial charge in [0.1, 0.15) is 11.2 Å². The largest absolute Gasteiger partial charge is 0.456 e. The van der Waals surface area contributed by atoms with Crippen molar-refractivity contribution in [3.05, 3.63) is 176 Å². The lowest BCUT2D eigenvalue weighted by Gasteiger charge is -2.09. The van der Waals surface area contributed by atoms with E-state index in [0.29, 0.717) is 28.6 Å². The van der Waals surface area contributed by atoms with Crippen molar-refractivity contribution in [2.24, 2.45) is 0 Å². The molecule has 230 valence electrons. The van der Waals surface area contributed by atoms with E-state index in [-0.39, 0.29) is 29.7 Å². The van der Waals surface area contributed by atoms with Crippen molar-refractivity contribution < 1.29 is 11.3 Å². The van der Waals surface area contributed by atoms with Crippen LogP contribution in [0.5, 0.6) is 0 Å². The summed E-state index contributed by atoms with van der Waals surface area (Å²) in [5.74, 6) is 1.42. The summed E-state index contributed by atoms with van der Waals surface area (Å²) in [7, 11) is 0. The molecule has 0 radical (unpaired) electrons. The summed E-state index contributed by atoms with van der Waals surface area (Å²) >= 11 is 0. The van der Waals surface area contributed by atoms with Crippen LogP contribution < -0.4 is 0 Å². The molecule has 0 aliphatic carbocycles. The predicted molar refractivity (Wildman–Crippen MR) is 200 cm³/mol. The molecule has 0 fully saturated rings. The van der Waals surface area contributed by atoms with Gasteiger partial charge in [0.15, 0.2) is 17.5 Å². The summed E-state index contributed by atoms with van der Waals surface area (Å²) in [5.41, 5.74) is 8.92. The molecule has 9 rings (SSSR count). The molecule has 0 unspecified atom stereocenters. The highest BCUT2D eigenvalue weighted by atomic mass is 16.3. The van der Waals surface area contributed by atoms with Gasteiger partial charge in [-0.25, -0.2) is 15.0 Å². The van der Waals surface area contributed by atoms with Crippen LogP contribution in [-0.4, -0.2) is 15.0 Å². The molecule has 0 saturated carbocycles. The van der Waals surface area contributed by atoms with E-state index < -0.39 is 6.04 Å². The molecule has 9 aromatic rings. The van der Waals surface area contributed by atoms with Gasteiger partial charge in [-0.2, -0.15) is 0 Å². The first kappa shape index (κ1) is 23.6. The molecule has 0 spiro atoms. The maximum atomic E-state index is 8.42. The maximum Gasteiger partial charge on any atom is 0.164 e. The van der Waals surface area contributed by atoms with Gasteiger partial charge in [-0.15, -0.1) is 0 Å². The van der Waals surface area contributed by atoms with E-state index in [1.54, 1.807) is 24.3 Å². The molecule has 4 heteroatoms. The third kappa shape index (κ3) is 5.45. The SMILES string of the molecule is [2H]c1c([2H])c([2H])c(-c2ccc(-c3nc(-c4ccccc4)nc(-c4ccc5oc6cccc(-c7ccc(-c8ccccc8)cc7)c6c5c4)n3)cc2)c([2H])c1[2H]. The second kappa shape index (κ2) is 12.2. The van der Waals surface area contributed by atoms with Crippen LogP contribution in [0.4, 0.5) is 0 Å². The zero-order chi connectivity index (χ0) is 36.9. The number of aromatic nitrogens is 3. The standard InChI is InChI=1S/C45H29N3O/c1-4-11-30(12-5-1)32-19-23-34(24-20-32)38-17-10-18-41-42(38)39-29-37(27-28-40(39)49-41)45-47-43(35-15-8-3-9-16-35)46-44(48-45)36-25-21-33(22-26-36)31-13-6-2-7-14-31/h1-29H/i2D,6D,7D,13D,14D. The Balaban J connectivity index is 1.15. The number of nitrogens with zero attached hydrogens (tertiary/aromatic N) is 3. The van der Waals surface area contributed by atoms with Crippen LogP contribution in [0.3, 0.4) is 0 Å². The van der Waals surface area contributed by atoms with Crippen LogP contribution in [0, 0.1) is 0 Å². The van der Waals surface area contributed by atoms with Crippen LogP contribution in [0.2, 0.25) is 0 Å². The molecule has 2 aromatic heterocycles. The third-order valence-electron chi connectivity index (χ3n) is 8.66. The Morgan fingerprint density at radius 3 is 1.57 bits per heavy atom. The quantitative estimate of drug-likeness (QED) is 0.183. The molecule has 0 amide bonds. The first-order valence-electron chi connectivity index (χ1n) is 18.4. The van der Waals surface area contributed by atoms with Gasteiger partial charge in [-0.3, -0.25) is 0 Å². The summed E-state index contributed by atoms with van der Waals surface area (Å²) < 4.78 is 47.4. The van der Waals surface area contributed by atoms with Gasteiger partial charge in [0.2, 0.25) is 0 Å². The van der Waals surface area contributed by atoms with Crippen LogP contribution in [0.25, 0.3) is 89.5 Å². The van der Waals surface area contributed by atoms with E-state index in [2.05, 4.69) is 48.5 Å². The van der Waals surface area contributed by atoms with Crippen molar-refractivity contribution in [1.82, 2.24) is 15.0 Å². The second-order valence-corrected chi connectivity index (χ2v) is 11.7. The molecule has 2 heterocycles. The minimum absolute atomic E-state index is 0.140. The fourth-order valence-electron chi connectivity index (χ4n) is 6.21. The van der Waals surface area contributed by atoms with Crippen molar-refractivity contribution in [3.8, 4) is 67.5 Å². The Morgan fingerprint density at radius 2 is 0.898 bits per heavy atom. The zero-order valence-corrected chi connectivity index (χ0v) is 26.1. The Hall–Kier alpha value is -6.65. The fraction of sp³-hybridized carbons (Fsp3) is 0. The van der Waals surface area contributed by atoms with Crippen LogP contribution in [0.1, 0.15) is 6.85 Å². The molecule has 0 aliphatic heterocycles. The highest BCUT2D eigenvalue weighted by Gasteiger charge is 2.17. The van der Waals surface area contributed by atoms with Crippen LogP contribution in [0.15, 0.2) is 180 Å². The monoisotopic (exact) mass is 632 g/mol. The highest BCUT2D eigenvalue weighted by Crippen LogP contribution is 2.39. The predicted octanol–water partition coefficient (Wildman–Crippen LogP) is 11.8. The Morgan fingerprint density at radius 1 is 0.388 bits per heavy atom. The maximum absolute atomic E-state index is 8.42. The molecule has 7 aromatic carbocycles. The van der Waals surface area contributed by atoms with E-state index in [1.165, 1.54) is 0 Å². The summed E-state index contributed by atoms with van der Waals surface area (Å²) in [5, 5.41) is 1.94. The summed E-state index contributed by atoms with van der Waals surface area (Å²) in [6.45, 7) is 0. The smallest absolute Gasteiger partial charge is 0.164 e. The Kier molecular flexibility index (Phi) is 5.87. The van der Waals surface area contributed by atoms with Gasteiger partial charge < -0.3 is 4.42 Å². The number of rotatable bonds is 6. The van der Waals surface area contributed by atoms with Gasteiger partial charge in [0, 0.05) is 27.5 Å². The van der Waals surface area contributed by atoms with E-state index in [0.717, 1.165) is 55.3 Å². The van der Waals surface area contributed by atoms with Crippen molar-refractivity contribution in [2.45, 2.75) is 0 Å². The summed E-state index contributed by atoms with van der Waals surface area (Å²) in [4.78, 5) is 14.8. The number of benzene rings is 7. The van der Waals surface area contributed by atoms with Crippen molar-refractivity contribution >= 4 is 21.9 Å². The van der Waals surface area contributed by atoms with Gasteiger partial charge >= 0.3 is 0 Å². The molecule has 0 N–H and O–H groups in total. The minimum Gasteiger partial charge on any atom is -0.456 e.